The second-order valence-corrected chi connectivity index (χ2v) is 7.22. The van der Waals surface area contributed by atoms with E-state index in [1.807, 2.05) is 32.9 Å². The van der Waals surface area contributed by atoms with E-state index in [0.29, 0.717) is 0 Å². The standard InChI is InChI=1S/C21H23NO2/c1-15-5-7-16(8-6-15)13-17-9-10-19-18(14-17)11-12-22(19)20(23)24-21(2,3)4/h5-12,14H,13H2,1-4H3. The number of nitrogens with zero attached hydrogens (tertiary/aromatic N) is 1. The van der Waals surface area contributed by atoms with Gasteiger partial charge >= 0.3 is 6.09 Å². The van der Waals surface area contributed by atoms with Crippen molar-refractivity contribution in [2.45, 2.75) is 39.7 Å². The van der Waals surface area contributed by atoms with Crippen molar-refractivity contribution in [2.75, 3.05) is 0 Å². The number of carbonyl (C=O) groups excluding carboxylic acids is 1. The van der Waals surface area contributed by atoms with E-state index in [1.54, 1.807) is 10.8 Å². The third-order valence-electron chi connectivity index (χ3n) is 3.87. The van der Waals surface area contributed by atoms with Crippen molar-refractivity contribution < 1.29 is 9.53 Å². The van der Waals surface area contributed by atoms with Crippen LogP contribution in [0.2, 0.25) is 0 Å². The number of hydrogen-bond acceptors (Lipinski definition) is 2. The van der Waals surface area contributed by atoms with Crippen LogP contribution >= 0.6 is 0 Å². The molecule has 0 atom stereocenters. The highest BCUT2D eigenvalue weighted by molar-refractivity contribution is 5.90. The molecule has 0 saturated carbocycles. The fourth-order valence-corrected chi connectivity index (χ4v) is 2.71. The summed E-state index contributed by atoms with van der Waals surface area (Å²) >= 11 is 0. The Morgan fingerprint density at radius 2 is 1.67 bits per heavy atom. The van der Waals surface area contributed by atoms with Crippen molar-refractivity contribution in [3.63, 3.8) is 0 Å². The molecule has 3 nitrogen and oxygen atoms in total. The van der Waals surface area contributed by atoms with Crippen molar-refractivity contribution in [1.82, 2.24) is 4.57 Å². The molecule has 0 fully saturated rings. The normalized spacial score (nSPS) is 11.7. The van der Waals surface area contributed by atoms with Crippen LogP contribution in [0.15, 0.2) is 54.7 Å². The Hall–Kier alpha value is -2.55. The van der Waals surface area contributed by atoms with Gasteiger partial charge in [0.1, 0.15) is 5.60 Å². The first kappa shape index (κ1) is 16.3. The number of ether oxygens (including phenoxy) is 1. The lowest BCUT2D eigenvalue weighted by molar-refractivity contribution is 0.0544. The minimum Gasteiger partial charge on any atom is -0.443 e. The van der Waals surface area contributed by atoms with Crippen LogP contribution in [0.3, 0.4) is 0 Å². The Bertz CT molecular complexity index is 867. The first-order valence-corrected chi connectivity index (χ1v) is 8.21. The van der Waals surface area contributed by atoms with Crippen LogP contribution in [-0.4, -0.2) is 16.3 Å². The van der Waals surface area contributed by atoms with Gasteiger partial charge in [0.2, 0.25) is 0 Å². The average molecular weight is 321 g/mol. The zero-order valence-electron chi connectivity index (χ0n) is 14.7. The van der Waals surface area contributed by atoms with Gasteiger partial charge in [0, 0.05) is 11.6 Å². The molecule has 0 amide bonds. The molecule has 0 unspecified atom stereocenters. The molecule has 3 heteroatoms. The molecule has 0 aliphatic rings. The second kappa shape index (κ2) is 6.16. The third kappa shape index (κ3) is 3.67. The molecule has 24 heavy (non-hydrogen) atoms. The molecule has 0 radical (unpaired) electrons. The van der Waals surface area contributed by atoms with E-state index in [-0.39, 0.29) is 6.09 Å². The summed E-state index contributed by atoms with van der Waals surface area (Å²) in [5, 5.41) is 1.05. The van der Waals surface area contributed by atoms with E-state index >= 15 is 0 Å². The lowest BCUT2D eigenvalue weighted by Crippen LogP contribution is -2.26. The summed E-state index contributed by atoms with van der Waals surface area (Å²) in [5.41, 5.74) is 4.15. The Labute approximate surface area is 142 Å². The maximum absolute atomic E-state index is 12.3. The summed E-state index contributed by atoms with van der Waals surface area (Å²) in [5.74, 6) is 0. The molecule has 0 spiro atoms. The largest absolute Gasteiger partial charge is 0.443 e. The maximum Gasteiger partial charge on any atom is 0.418 e. The quantitative estimate of drug-likeness (QED) is 0.639. The summed E-state index contributed by atoms with van der Waals surface area (Å²) in [6.45, 7) is 7.71. The number of benzene rings is 2. The molecular weight excluding hydrogens is 298 g/mol. The van der Waals surface area contributed by atoms with Gasteiger partial charge in [-0.05, 0) is 63.4 Å². The van der Waals surface area contributed by atoms with E-state index in [1.165, 1.54) is 16.7 Å². The van der Waals surface area contributed by atoms with Crippen LogP contribution in [0.1, 0.15) is 37.5 Å². The molecule has 1 aromatic heterocycles. The van der Waals surface area contributed by atoms with Crippen LogP contribution in [0.4, 0.5) is 4.79 Å². The highest BCUT2D eigenvalue weighted by Gasteiger charge is 2.18. The molecule has 0 aliphatic heterocycles. The number of fused-ring (bicyclic) bond motifs is 1. The molecule has 0 bridgehead atoms. The number of carbonyl (C=O) groups is 1. The summed E-state index contributed by atoms with van der Waals surface area (Å²) in [4.78, 5) is 12.3. The van der Waals surface area contributed by atoms with Crippen LogP contribution in [0.5, 0.6) is 0 Å². The van der Waals surface area contributed by atoms with E-state index in [4.69, 9.17) is 4.74 Å². The average Bonchev–Trinajstić information content (AvgIpc) is 2.91. The number of aromatic nitrogens is 1. The topological polar surface area (TPSA) is 31.2 Å². The Morgan fingerprint density at radius 3 is 2.33 bits per heavy atom. The SMILES string of the molecule is Cc1ccc(Cc2ccc3c(ccn3C(=O)OC(C)(C)C)c2)cc1. The lowest BCUT2D eigenvalue weighted by Gasteiger charge is -2.19. The summed E-state index contributed by atoms with van der Waals surface area (Å²) < 4.78 is 7.02. The fourth-order valence-electron chi connectivity index (χ4n) is 2.71. The van der Waals surface area contributed by atoms with Gasteiger partial charge in [-0.3, -0.25) is 4.57 Å². The zero-order valence-corrected chi connectivity index (χ0v) is 14.7. The maximum atomic E-state index is 12.3. The molecule has 3 rings (SSSR count). The predicted octanol–water partition coefficient (Wildman–Crippen LogP) is 5.32. The van der Waals surface area contributed by atoms with Crippen molar-refractivity contribution in [3.05, 3.63) is 71.4 Å². The molecule has 0 saturated heterocycles. The van der Waals surface area contributed by atoms with Crippen LogP contribution < -0.4 is 0 Å². The van der Waals surface area contributed by atoms with Crippen molar-refractivity contribution in [3.8, 4) is 0 Å². The number of hydrogen-bond donors (Lipinski definition) is 0. The molecule has 3 aromatic rings. The Balaban J connectivity index is 1.85. The summed E-state index contributed by atoms with van der Waals surface area (Å²) in [6, 6.07) is 16.7. The molecule has 124 valence electrons. The van der Waals surface area contributed by atoms with Gasteiger partial charge in [-0.25, -0.2) is 4.79 Å². The summed E-state index contributed by atoms with van der Waals surface area (Å²) in [7, 11) is 0. The minimum atomic E-state index is -0.501. The van der Waals surface area contributed by atoms with Gasteiger partial charge in [-0.1, -0.05) is 35.9 Å². The van der Waals surface area contributed by atoms with Gasteiger partial charge in [0.25, 0.3) is 0 Å². The first-order valence-electron chi connectivity index (χ1n) is 8.21. The van der Waals surface area contributed by atoms with E-state index in [2.05, 4.69) is 43.3 Å². The van der Waals surface area contributed by atoms with Crippen molar-refractivity contribution in [1.29, 1.82) is 0 Å². The number of aryl methyl sites for hydroxylation is 1. The smallest absolute Gasteiger partial charge is 0.418 e. The van der Waals surface area contributed by atoms with Gasteiger partial charge in [-0.15, -0.1) is 0 Å². The molecular formula is C21H23NO2. The second-order valence-electron chi connectivity index (χ2n) is 7.22. The van der Waals surface area contributed by atoms with E-state index in [0.717, 1.165) is 17.3 Å². The van der Waals surface area contributed by atoms with Gasteiger partial charge in [0.05, 0.1) is 5.52 Å². The van der Waals surface area contributed by atoms with Crippen molar-refractivity contribution >= 4 is 17.0 Å². The molecule has 1 heterocycles. The monoisotopic (exact) mass is 321 g/mol. The highest BCUT2D eigenvalue weighted by Crippen LogP contribution is 2.21. The zero-order chi connectivity index (χ0) is 17.3. The Kier molecular flexibility index (Phi) is 4.18. The minimum absolute atomic E-state index is 0.344. The highest BCUT2D eigenvalue weighted by atomic mass is 16.6. The van der Waals surface area contributed by atoms with Gasteiger partial charge in [-0.2, -0.15) is 0 Å². The van der Waals surface area contributed by atoms with Crippen LogP contribution in [0, 0.1) is 6.92 Å². The van der Waals surface area contributed by atoms with E-state index in [9.17, 15) is 4.79 Å². The van der Waals surface area contributed by atoms with Gasteiger partial charge < -0.3 is 4.74 Å². The number of rotatable bonds is 2. The van der Waals surface area contributed by atoms with E-state index < -0.39 is 5.60 Å². The van der Waals surface area contributed by atoms with Gasteiger partial charge in [0.15, 0.2) is 0 Å². The Morgan fingerprint density at radius 1 is 1.00 bits per heavy atom. The van der Waals surface area contributed by atoms with Crippen LogP contribution in [0.25, 0.3) is 10.9 Å². The van der Waals surface area contributed by atoms with Crippen molar-refractivity contribution in [2.24, 2.45) is 0 Å². The first-order chi connectivity index (χ1) is 11.3. The summed E-state index contributed by atoms with van der Waals surface area (Å²) in [6.07, 6.45) is 2.31. The lowest BCUT2D eigenvalue weighted by atomic mass is 10.0. The molecule has 0 aliphatic carbocycles. The van der Waals surface area contributed by atoms with Crippen LogP contribution in [-0.2, 0) is 11.2 Å². The molecule has 0 N–H and O–H groups in total. The predicted molar refractivity (Wildman–Crippen MR) is 97.6 cm³/mol. The third-order valence-corrected chi connectivity index (χ3v) is 3.87. The molecule has 2 aromatic carbocycles. The fraction of sp³-hybridized carbons (Fsp3) is 0.286.